The fourth-order valence-electron chi connectivity index (χ4n) is 1.44. The molecular weight excluding hydrogens is 292 g/mol. The highest BCUT2D eigenvalue weighted by molar-refractivity contribution is 7.15. The Kier molecular flexibility index (Phi) is 11.3. The van der Waals surface area contributed by atoms with Crippen molar-refractivity contribution in [3.63, 3.8) is 0 Å². The Labute approximate surface area is 130 Å². The lowest BCUT2D eigenvalue weighted by molar-refractivity contribution is 0.00118. The molecule has 0 radical (unpaired) electrons. The highest BCUT2D eigenvalue weighted by Crippen LogP contribution is 2.18. The number of rotatable bonds is 14. The molecule has 6 nitrogen and oxygen atoms in total. The molecule has 0 aliphatic rings. The number of thiazole rings is 1. The van der Waals surface area contributed by atoms with E-state index in [0.29, 0.717) is 46.2 Å². The number of nitrogens with zero attached hydrogens (tertiary/aromatic N) is 1. The predicted molar refractivity (Wildman–Crippen MR) is 84.1 cm³/mol. The first kappa shape index (κ1) is 18.3. The van der Waals surface area contributed by atoms with Gasteiger partial charge < -0.3 is 24.3 Å². The van der Waals surface area contributed by atoms with Crippen LogP contribution in [0.4, 0.5) is 5.13 Å². The molecule has 0 spiro atoms. The first-order valence-electron chi connectivity index (χ1n) is 7.27. The fraction of sp³-hybridized carbons (Fsp3) is 0.786. The summed E-state index contributed by atoms with van der Waals surface area (Å²) in [4.78, 5) is 5.41. The molecule has 0 unspecified atom stereocenters. The molecular formula is C14H26N2O4S. The number of nitrogens with one attached hydrogen (secondary N) is 1. The highest BCUT2D eigenvalue weighted by Gasteiger charge is 2.01. The zero-order valence-electron chi connectivity index (χ0n) is 12.9. The smallest absolute Gasteiger partial charge is 0.182 e. The third-order valence-corrected chi connectivity index (χ3v) is 3.43. The molecule has 1 aromatic heterocycles. The van der Waals surface area contributed by atoms with Crippen LogP contribution in [0.1, 0.15) is 18.2 Å². The summed E-state index contributed by atoms with van der Waals surface area (Å²) in [6, 6.07) is 0. The minimum Gasteiger partial charge on any atom is -0.382 e. The normalized spacial score (nSPS) is 11.0. The van der Waals surface area contributed by atoms with Gasteiger partial charge in [-0.15, -0.1) is 0 Å². The van der Waals surface area contributed by atoms with Gasteiger partial charge in [0.2, 0.25) is 0 Å². The van der Waals surface area contributed by atoms with Crippen molar-refractivity contribution >= 4 is 16.5 Å². The number of ether oxygens (including phenoxy) is 4. The number of methoxy groups -OCH3 is 1. The summed E-state index contributed by atoms with van der Waals surface area (Å²) in [6.07, 6.45) is 2.95. The summed E-state index contributed by atoms with van der Waals surface area (Å²) < 4.78 is 21.1. The van der Waals surface area contributed by atoms with Gasteiger partial charge in [-0.1, -0.05) is 18.3 Å². The van der Waals surface area contributed by atoms with Gasteiger partial charge in [-0.3, -0.25) is 0 Å². The van der Waals surface area contributed by atoms with Crippen molar-refractivity contribution in [2.45, 2.75) is 20.0 Å². The fourth-order valence-corrected chi connectivity index (χ4v) is 2.22. The minimum absolute atomic E-state index is 0.577. The van der Waals surface area contributed by atoms with Gasteiger partial charge in [0.25, 0.3) is 0 Å². The van der Waals surface area contributed by atoms with Crippen LogP contribution < -0.4 is 5.32 Å². The second-order valence-corrected chi connectivity index (χ2v) is 5.44. The van der Waals surface area contributed by atoms with Crippen molar-refractivity contribution in [2.24, 2.45) is 0 Å². The molecule has 21 heavy (non-hydrogen) atoms. The van der Waals surface area contributed by atoms with E-state index in [1.165, 1.54) is 0 Å². The summed E-state index contributed by atoms with van der Waals surface area (Å²) in [5, 5.41) is 4.22. The quantitative estimate of drug-likeness (QED) is 0.530. The van der Waals surface area contributed by atoms with E-state index in [2.05, 4.69) is 17.2 Å². The van der Waals surface area contributed by atoms with E-state index >= 15 is 0 Å². The van der Waals surface area contributed by atoms with Crippen LogP contribution >= 0.6 is 11.3 Å². The van der Waals surface area contributed by atoms with Gasteiger partial charge in [0.15, 0.2) is 5.13 Å². The predicted octanol–water partition coefficient (Wildman–Crippen LogP) is 2.16. The number of anilines is 1. The molecule has 0 aliphatic carbocycles. The summed E-state index contributed by atoms with van der Waals surface area (Å²) in [7, 11) is 1.66. The highest BCUT2D eigenvalue weighted by atomic mass is 32.1. The zero-order chi connectivity index (χ0) is 15.2. The van der Waals surface area contributed by atoms with Crippen molar-refractivity contribution in [1.29, 1.82) is 0 Å². The van der Waals surface area contributed by atoms with E-state index < -0.39 is 0 Å². The average molecular weight is 318 g/mol. The van der Waals surface area contributed by atoms with Crippen LogP contribution in [-0.2, 0) is 25.6 Å². The van der Waals surface area contributed by atoms with E-state index in [0.717, 1.165) is 23.0 Å². The van der Waals surface area contributed by atoms with Gasteiger partial charge in [-0.05, 0) is 6.42 Å². The van der Waals surface area contributed by atoms with E-state index in [9.17, 15) is 0 Å². The Balaban J connectivity index is 1.91. The molecule has 0 fully saturated rings. The first-order chi connectivity index (χ1) is 10.4. The van der Waals surface area contributed by atoms with E-state index in [4.69, 9.17) is 18.9 Å². The molecule has 1 aromatic rings. The summed E-state index contributed by atoms with van der Waals surface area (Å²) in [6.45, 7) is 7.22. The van der Waals surface area contributed by atoms with Gasteiger partial charge >= 0.3 is 0 Å². The molecule has 0 bridgehead atoms. The lowest BCUT2D eigenvalue weighted by atomic mass is 10.5. The Hall–Kier alpha value is -0.730. The summed E-state index contributed by atoms with van der Waals surface area (Å²) in [5.41, 5.74) is 0. The molecule has 0 saturated heterocycles. The largest absolute Gasteiger partial charge is 0.382 e. The number of hydrogen-bond donors (Lipinski definition) is 1. The molecule has 0 amide bonds. The number of aromatic nitrogens is 1. The Bertz CT molecular complexity index is 349. The van der Waals surface area contributed by atoms with Crippen molar-refractivity contribution in [3.8, 4) is 0 Å². The number of hydrogen-bond acceptors (Lipinski definition) is 7. The van der Waals surface area contributed by atoms with E-state index in [1.807, 2.05) is 6.20 Å². The Morgan fingerprint density at radius 2 is 1.71 bits per heavy atom. The molecule has 7 heteroatoms. The zero-order valence-corrected chi connectivity index (χ0v) is 13.7. The van der Waals surface area contributed by atoms with Crippen LogP contribution in [0, 0.1) is 0 Å². The third-order valence-electron chi connectivity index (χ3n) is 2.50. The molecule has 0 saturated carbocycles. The Morgan fingerprint density at radius 1 is 1.05 bits per heavy atom. The van der Waals surface area contributed by atoms with Gasteiger partial charge in [0.05, 0.1) is 51.1 Å². The van der Waals surface area contributed by atoms with Gasteiger partial charge in [0, 0.05) is 19.9 Å². The molecule has 0 aromatic carbocycles. The molecule has 1 N–H and O–H groups in total. The van der Waals surface area contributed by atoms with Crippen LogP contribution in [-0.4, -0.2) is 58.3 Å². The summed E-state index contributed by atoms with van der Waals surface area (Å²) in [5.74, 6) is 0. The van der Waals surface area contributed by atoms with Gasteiger partial charge in [0.1, 0.15) is 0 Å². The molecule has 1 heterocycles. The summed E-state index contributed by atoms with van der Waals surface area (Å²) >= 11 is 1.63. The lowest BCUT2D eigenvalue weighted by Gasteiger charge is -2.05. The second-order valence-electron chi connectivity index (χ2n) is 4.33. The molecule has 0 atom stereocenters. The molecule has 122 valence electrons. The average Bonchev–Trinajstić information content (AvgIpc) is 2.95. The van der Waals surface area contributed by atoms with Crippen molar-refractivity contribution in [1.82, 2.24) is 4.98 Å². The topological polar surface area (TPSA) is 61.8 Å². The monoisotopic (exact) mass is 318 g/mol. The van der Waals surface area contributed by atoms with Crippen molar-refractivity contribution in [2.75, 3.05) is 58.6 Å². The maximum atomic E-state index is 5.54. The van der Waals surface area contributed by atoms with Crippen LogP contribution in [0.5, 0.6) is 0 Å². The maximum absolute atomic E-state index is 5.54. The Morgan fingerprint density at radius 3 is 2.38 bits per heavy atom. The van der Waals surface area contributed by atoms with Crippen molar-refractivity contribution < 1.29 is 18.9 Å². The second kappa shape index (κ2) is 13.0. The van der Waals surface area contributed by atoms with Gasteiger partial charge in [-0.25, -0.2) is 4.98 Å². The van der Waals surface area contributed by atoms with Crippen LogP contribution in [0.25, 0.3) is 0 Å². The van der Waals surface area contributed by atoms with Crippen LogP contribution in [0.3, 0.4) is 0 Å². The van der Waals surface area contributed by atoms with Gasteiger partial charge in [-0.2, -0.15) is 0 Å². The van der Waals surface area contributed by atoms with Crippen LogP contribution in [0.2, 0.25) is 0 Å². The van der Waals surface area contributed by atoms with E-state index in [-0.39, 0.29) is 0 Å². The van der Waals surface area contributed by atoms with E-state index in [1.54, 1.807) is 18.4 Å². The first-order valence-corrected chi connectivity index (χ1v) is 8.09. The molecule has 0 aliphatic heterocycles. The lowest BCUT2D eigenvalue weighted by Crippen LogP contribution is -2.11. The minimum atomic E-state index is 0.577. The third kappa shape index (κ3) is 9.76. The van der Waals surface area contributed by atoms with Crippen LogP contribution in [0.15, 0.2) is 6.20 Å². The SMILES string of the molecule is CCCNc1ncc(COCCOCCOCCOC)s1. The molecule has 1 rings (SSSR count). The maximum Gasteiger partial charge on any atom is 0.182 e. The standard InChI is InChI=1S/C14H26N2O4S/c1-3-4-15-14-16-11-13(21-14)12-20-10-9-19-8-7-18-6-5-17-2/h11H,3-10,12H2,1-2H3,(H,15,16). The van der Waals surface area contributed by atoms with Crippen molar-refractivity contribution in [3.05, 3.63) is 11.1 Å².